The Morgan fingerprint density at radius 2 is 0.415 bits per heavy atom. The number of hydrogen-bond acceptors (Lipinski definition) is 6. The SMILES string of the molecule is c1ccc(-c2ccc(Cc3ccc(-c4ccc5oc6ccccc6c5c4)cc3)cc2)cc1.c1ccc2c(c1)ccc1cc(Cc3ccc4sc5ccccc5c4c3)ccc12.c1ccc2c(c1)ccc1oc3ccc(-c4ccc(Cc5ccc6oc7ccccc7c6c5)cc4)cc3c12.c1ccc2c(c1)oc1ccc(Cc3ccc(-c4ccc5oc6ccccc6c5c4)cc3)cc12. The van der Waals surface area contributed by atoms with Crippen molar-refractivity contribution in [2.75, 3.05) is 0 Å². The molecule has 0 fully saturated rings. The highest BCUT2D eigenvalue weighted by Crippen LogP contribution is 2.42. The summed E-state index contributed by atoms with van der Waals surface area (Å²) < 4.78 is 32.8. The molecule has 130 heavy (non-hydrogen) atoms. The van der Waals surface area contributed by atoms with Crippen molar-refractivity contribution in [2.45, 2.75) is 25.7 Å². The molecule has 0 unspecified atom stereocenters. The van der Waals surface area contributed by atoms with E-state index in [1.807, 2.05) is 59.9 Å². The Hall–Kier alpha value is -16.4. The van der Waals surface area contributed by atoms with E-state index in [9.17, 15) is 0 Å². The van der Waals surface area contributed by atoms with Crippen LogP contribution in [0.25, 0.3) is 207 Å². The predicted octanol–water partition coefficient (Wildman–Crippen LogP) is 35.1. The van der Waals surface area contributed by atoms with E-state index in [1.165, 1.54) is 179 Å². The van der Waals surface area contributed by atoms with Gasteiger partial charge in [-0.05, 0) is 256 Å². The second-order valence-electron chi connectivity index (χ2n) is 34.1. The van der Waals surface area contributed by atoms with Gasteiger partial charge in [0.1, 0.15) is 55.8 Å². The molecule has 6 heteroatoms. The summed E-state index contributed by atoms with van der Waals surface area (Å²) in [5, 5.41) is 22.2. The topological polar surface area (TPSA) is 65.7 Å². The summed E-state index contributed by atoms with van der Waals surface area (Å²) in [6.45, 7) is 0. The minimum absolute atomic E-state index is 0.882. The van der Waals surface area contributed by atoms with Crippen LogP contribution in [-0.4, -0.2) is 0 Å². The van der Waals surface area contributed by atoms with Crippen LogP contribution in [0.15, 0.2) is 471 Å². The quantitative estimate of drug-likeness (QED) is 0.114. The van der Waals surface area contributed by atoms with Gasteiger partial charge in [0.25, 0.3) is 0 Å². The van der Waals surface area contributed by atoms with E-state index >= 15 is 0 Å². The number of rotatable bonds is 12. The van der Waals surface area contributed by atoms with Gasteiger partial charge in [0, 0.05) is 74.0 Å². The number of para-hydroxylation sites is 4. The maximum absolute atomic E-state index is 6.18. The zero-order valence-corrected chi connectivity index (χ0v) is 71.8. The summed E-state index contributed by atoms with van der Waals surface area (Å²) >= 11 is 1.88. The van der Waals surface area contributed by atoms with Gasteiger partial charge in [-0.1, -0.05) is 340 Å². The van der Waals surface area contributed by atoms with Gasteiger partial charge in [-0.3, -0.25) is 0 Å². The van der Waals surface area contributed by atoms with Crippen LogP contribution in [0.4, 0.5) is 0 Å². The van der Waals surface area contributed by atoms with E-state index in [1.54, 1.807) is 0 Å². The second kappa shape index (κ2) is 33.2. The zero-order valence-electron chi connectivity index (χ0n) is 71.0. The van der Waals surface area contributed by atoms with Crippen molar-refractivity contribution in [2.24, 2.45) is 0 Å². The zero-order chi connectivity index (χ0) is 86.0. The molecule has 6 aromatic heterocycles. The molecule has 0 aliphatic heterocycles. The fourth-order valence-electron chi connectivity index (χ4n) is 19.2. The van der Waals surface area contributed by atoms with Gasteiger partial charge >= 0.3 is 0 Å². The number of thiophene rings is 1. The Labute approximate surface area is 753 Å². The van der Waals surface area contributed by atoms with Crippen molar-refractivity contribution in [3.05, 3.63) is 493 Å². The first kappa shape index (κ1) is 77.2. The number of furan rings is 5. The molecule has 0 aliphatic carbocycles. The highest BCUT2D eigenvalue weighted by Gasteiger charge is 2.18. The first-order valence-corrected chi connectivity index (χ1v) is 45.3. The maximum Gasteiger partial charge on any atom is 0.136 e. The smallest absolute Gasteiger partial charge is 0.136 e. The normalized spacial score (nSPS) is 11.7. The molecule has 0 amide bonds. The van der Waals surface area contributed by atoms with Crippen LogP contribution >= 0.6 is 11.3 Å². The van der Waals surface area contributed by atoms with Crippen molar-refractivity contribution in [1.82, 2.24) is 0 Å². The van der Waals surface area contributed by atoms with Crippen molar-refractivity contribution >= 4 is 174 Å². The van der Waals surface area contributed by atoms with Gasteiger partial charge in [-0.2, -0.15) is 0 Å². The maximum atomic E-state index is 6.18. The summed E-state index contributed by atoms with van der Waals surface area (Å²) in [7, 11) is 0. The number of benzene rings is 21. The number of hydrogen-bond donors (Lipinski definition) is 0. The van der Waals surface area contributed by atoms with Crippen molar-refractivity contribution in [1.29, 1.82) is 0 Å². The Balaban J connectivity index is 0.0000000965. The molecule has 0 saturated carbocycles. The van der Waals surface area contributed by atoms with E-state index in [-0.39, 0.29) is 0 Å². The van der Waals surface area contributed by atoms with Crippen LogP contribution in [0.2, 0.25) is 0 Å². The summed E-state index contributed by atoms with van der Waals surface area (Å²) in [6, 6.07) is 160. The molecular formula is C124H82O5S. The molecule has 0 bridgehead atoms. The largest absolute Gasteiger partial charge is 0.456 e. The summed E-state index contributed by atoms with van der Waals surface area (Å²) in [5.74, 6) is 0. The second-order valence-corrected chi connectivity index (χ2v) is 35.2. The lowest BCUT2D eigenvalue weighted by Crippen LogP contribution is -1.89. The van der Waals surface area contributed by atoms with E-state index in [0.29, 0.717) is 0 Å². The fraction of sp³-hybridized carbons (Fsp3) is 0.0323. The standard InChI is InChI=1S/C35H22O2.C31H20O2.C31H22O.C27H18S/c1-2-6-27-25(5-1)14-18-34-35(27)30-21-26(15-17-33(30)37-34)24-12-9-22(10-13-24)19-23-11-16-32-29(20-23)28-7-3-4-8-31(28)36-32;1-3-7-28-24(5-1)26-18-21(11-15-30(26)32-28)17-20-9-12-22(13-10-20)23-14-16-31-27(19-23)25-6-2-4-8-29(25)33-31;1-2-6-24(7-3-1)25-14-10-22(11-15-25)20-23-12-16-26(17-13-23)27-18-19-31-29(21-27)28-8-4-5-9-30(28)32-31;1-2-6-22-20(5-1)11-12-21-16-18(9-13-23(21)22)15-19-10-14-27-25(17-19)24-7-3-4-8-26(24)28-27/h1-18,20-21H,19H2;1-16,18-19H,17H2;1-19,21H,20H2;1-14,16-17H,15H2. The average molecular weight is 1680 g/mol. The minimum atomic E-state index is 0.882. The third-order valence-corrected chi connectivity index (χ3v) is 27.0. The Bertz CT molecular complexity index is 8970. The van der Waals surface area contributed by atoms with Crippen LogP contribution in [0.3, 0.4) is 0 Å². The van der Waals surface area contributed by atoms with E-state index in [4.69, 9.17) is 22.1 Å². The van der Waals surface area contributed by atoms with Crippen molar-refractivity contribution < 1.29 is 22.1 Å². The van der Waals surface area contributed by atoms with E-state index in [2.05, 4.69) is 400 Å². The van der Waals surface area contributed by atoms with Gasteiger partial charge in [0.05, 0.1) is 0 Å². The molecule has 0 aliphatic rings. The Morgan fingerprint density at radius 3 is 0.915 bits per heavy atom. The lowest BCUT2D eigenvalue weighted by atomic mass is 9.97. The fourth-order valence-corrected chi connectivity index (χ4v) is 20.3. The Kier molecular flexibility index (Phi) is 19.7. The molecule has 0 atom stereocenters. The first-order valence-electron chi connectivity index (χ1n) is 44.5. The van der Waals surface area contributed by atoms with Gasteiger partial charge in [-0.25, -0.2) is 0 Å². The molecule has 614 valence electrons. The van der Waals surface area contributed by atoms with Crippen LogP contribution < -0.4 is 0 Å². The Morgan fingerprint density at radius 1 is 0.138 bits per heavy atom. The molecule has 0 N–H and O–H groups in total. The summed E-state index contributed by atoms with van der Waals surface area (Å²) in [6.07, 6.45) is 3.66. The van der Waals surface area contributed by atoms with Gasteiger partial charge in [0.15, 0.2) is 0 Å². The van der Waals surface area contributed by atoms with Crippen molar-refractivity contribution in [3.8, 4) is 44.5 Å². The summed E-state index contributed by atoms with van der Waals surface area (Å²) in [5.41, 5.74) is 29.6. The molecule has 0 saturated heterocycles. The van der Waals surface area contributed by atoms with Crippen LogP contribution in [-0.2, 0) is 25.7 Å². The molecule has 27 rings (SSSR count). The molecule has 21 aromatic carbocycles. The van der Waals surface area contributed by atoms with Gasteiger partial charge in [0.2, 0.25) is 0 Å². The van der Waals surface area contributed by atoms with Gasteiger partial charge in [-0.15, -0.1) is 11.3 Å². The number of fused-ring (bicyclic) bond motifs is 23. The average Bonchev–Trinajstić information content (AvgIpc) is 1.47. The van der Waals surface area contributed by atoms with Crippen LogP contribution in [0, 0.1) is 0 Å². The highest BCUT2D eigenvalue weighted by atomic mass is 32.1. The lowest BCUT2D eigenvalue weighted by molar-refractivity contribution is 0.668. The molecule has 6 heterocycles. The molecule has 27 aromatic rings. The molecule has 0 radical (unpaired) electrons. The summed E-state index contributed by atoms with van der Waals surface area (Å²) in [4.78, 5) is 0. The third kappa shape index (κ3) is 15.0. The highest BCUT2D eigenvalue weighted by molar-refractivity contribution is 7.25. The minimum Gasteiger partial charge on any atom is -0.456 e. The molecule has 5 nitrogen and oxygen atoms in total. The van der Waals surface area contributed by atoms with Crippen molar-refractivity contribution in [3.63, 3.8) is 0 Å². The van der Waals surface area contributed by atoms with Gasteiger partial charge < -0.3 is 22.1 Å². The predicted molar refractivity (Wildman–Crippen MR) is 546 cm³/mol. The first-order chi connectivity index (χ1) is 64.3. The lowest BCUT2D eigenvalue weighted by Gasteiger charge is -2.07. The van der Waals surface area contributed by atoms with E-state index in [0.717, 1.165) is 97.7 Å². The monoisotopic (exact) mass is 1680 g/mol. The molecular weight excluding hydrogens is 1600 g/mol. The third-order valence-electron chi connectivity index (χ3n) is 25.8. The van der Waals surface area contributed by atoms with Crippen LogP contribution in [0.1, 0.15) is 44.5 Å². The van der Waals surface area contributed by atoms with E-state index < -0.39 is 0 Å². The molecule has 0 spiro atoms. The van der Waals surface area contributed by atoms with Crippen LogP contribution in [0.5, 0.6) is 0 Å².